The van der Waals surface area contributed by atoms with Gasteiger partial charge in [0, 0.05) is 6.54 Å². The maximum Gasteiger partial charge on any atom is 0.325 e. The Kier molecular flexibility index (Phi) is 5.24. The van der Waals surface area contributed by atoms with Crippen LogP contribution < -0.4 is 22.1 Å². The van der Waals surface area contributed by atoms with Crippen LogP contribution in [0.1, 0.15) is 19.3 Å². The van der Waals surface area contributed by atoms with Crippen LogP contribution in [0.4, 0.5) is 0 Å². The Hall–Kier alpha value is -1.22. The van der Waals surface area contributed by atoms with Crippen molar-refractivity contribution in [1.82, 2.24) is 10.6 Å². The van der Waals surface area contributed by atoms with Gasteiger partial charge in [-0.05, 0) is 38.9 Å². The van der Waals surface area contributed by atoms with Crippen LogP contribution in [-0.2, 0) is 9.59 Å². The van der Waals surface area contributed by atoms with E-state index in [2.05, 4.69) is 10.6 Å². The van der Waals surface area contributed by atoms with Crippen molar-refractivity contribution in [2.45, 2.75) is 30.3 Å². The zero-order chi connectivity index (χ0) is 14.5. The quantitative estimate of drug-likeness (QED) is 0.335. The van der Waals surface area contributed by atoms with Crippen molar-refractivity contribution in [3.63, 3.8) is 0 Å². The summed E-state index contributed by atoms with van der Waals surface area (Å²) in [4.78, 5) is 20.9. The average Bonchev–Trinajstić information content (AvgIpc) is 2.79. The summed E-state index contributed by atoms with van der Waals surface area (Å²) in [5, 5.41) is 23.1. The van der Waals surface area contributed by atoms with E-state index in [1.807, 2.05) is 0 Å². The molecule has 0 saturated carbocycles. The van der Waals surface area contributed by atoms with Gasteiger partial charge in [-0.2, -0.15) is 0 Å². The van der Waals surface area contributed by atoms with Gasteiger partial charge in [0.1, 0.15) is 11.1 Å². The first-order chi connectivity index (χ1) is 8.80. The van der Waals surface area contributed by atoms with Crippen LogP contribution in [0.15, 0.2) is 0 Å². The first kappa shape index (κ1) is 15.8. The minimum atomic E-state index is -1.00. The Balaban J connectivity index is 0.000000191. The highest BCUT2D eigenvalue weighted by molar-refractivity contribution is 5.79. The fourth-order valence-corrected chi connectivity index (χ4v) is 1.98. The van der Waals surface area contributed by atoms with Gasteiger partial charge in [0.15, 0.2) is 0 Å². The second-order valence-corrected chi connectivity index (χ2v) is 5.10. The van der Waals surface area contributed by atoms with E-state index in [-0.39, 0.29) is 0 Å². The number of hydrogen-bond donors (Lipinski definition) is 6. The summed E-state index contributed by atoms with van der Waals surface area (Å²) in [7, 11) is 0. The molecule has 2 heterocycles. The predicted octanol–water partition coefficient (Wildman–Crippen LogP) is -2.09. The molecule has 2 aliphatic heterocycles. The highest BCUT2D eigenvalue weighted by atomic mass is 16.4. The van der Waals surface area contributed by atoms with Gasteiger partial charge in [-0.15, -0.1) is 0 Å². The highest BCUT2D eigenvalue weighted by Gasteiger charge is 2.36. The van der Waals surface area contributed by atoms with Gasteiger partial charge >= 0.3 is 11.9 Å². The molecule has 0 spiro atoms. The molecule has 0 aliphatic carbocycles. The van der Waals surface area contributed by atoms with E-state index >= 15 is 0 Å². The molecule has 8 heteroatoms. The third-order valence-electron chi connectivity index (χ3n) is 3.54. The van der Waals surface area contributed by atoms with E-state index in [1.165, 1.54) is 0 Å². The number of nitrogens with one attached hydrogen (secondary N) is 2. The molecule has 2 rings (SSSR count). The lowest BCUT2D eigenvalue weighted by Crippen LogP contribution is -2.54. The summed E-state index contributed by atoms with van der Waals surface area (Å²) in [6.07, 6.45) is 1.59. The van der Waals surface area contributed by atoms with Crippen molar-refractivity contribution in [3.8, 4) is 0 Å². The third-order valence-corrected chi connectivity index (χ3v) is 3.54. The molecular weight excluding hydrogens is 252 g/mol. The Labute approximate surface area is 111 Å². The summed E-state index contributed by atoms with van der Waals surface area (Å²) < 4.78 is 0. The van der Waals surface area contributed by atoms with Crippen molar-refractivity contribution in [3.05, 3.63) is 0 Å². The molecule has 2 aliphatic rings. The molecule has 0 bridgehead atoms. The van der Waals surface area contributed by atoms with Gasteiger partial charge in [-0.1, -0.05) is 0 Å². The van der Waals surface area contributed by atoms with E-state index in [9.17, 15) is 9.59 Å². The first-order valence-electron chi connectivity index (χ1n) is 6.26. The number of carboxylic acids is 2. The molecule has 1 unspecified atom stereocenters. The molecule has 8 N–H and O–H groups in total. The van der Waals surface area contributed by atoms with Gasteiger partial charge < -0.3 is 32.3 Å². The van der Waals surface area contributed by atoms with Crippen molar-refractivity contribution in [2.24, 2.45) is 11.5 Å². The Morgan fingerprint density at radius 1 is 0.842 bits per heavy atom. The summed E-state index contributed by atoms with van der Waals surface area (Å²) in [6, 6.07) is 0. The van der Waals surface area contributed by atoms with Gasteiger partial charge in [-0.25, -0.2) is 0 Å². The molecule has 19 heavy (non-hydrogen) atoms. The molecule has 0 aromatic heterocycles. The first-order valence-corrected chi connectivity index (χ1v) is 6.26. The molecule has 2 saturated heterocycles. The zero-order valence-electron chi connectivity index (χ0n) is 10.8. The number of piperidine rings is 1. The van der Waals surface area contributed by atoms with Gasteiger partial charge in [-0.3, -0.25) is 9.59 Å². The van der Waals surface area contributed by atoms with E-state index in [0.717, 1.165) is 0 Å². The molecule has 0 radical (unpaired) electrons. The zero-order valence-corrected chi connectivity index (χ0v) is 10.8. The van der Waals surface area contributed by atoms with E-state index in [4.69, 9.17) is 21.7 Å². The normalized spacial score (nSPS) is 29.2. The molecule has 0 amide bonds. The molecule has 0 aromatic rings. The van der Waals surface area contributed by atoms with Crippen LogP contribution in [0.5, 0.6) is 0 Å². The lowest BCUT2D eigenvalue weighted by atomic mass is 9.90. The summed E-state index contributed by atoms with van der Waals surface area (Å²) in [5.41, 5.74) is 9.04. The van der Waals surface area contributed by atoms with Gasteiger partial charge in [0.25, 0.3) is 0 Å². The number of aliphatic carboxylic acids is 2. The SMILES string of the molecule is NC1(C(=O)O)CCNC1.NC1(C(=O)O)CCNCC1. The number of carboxylic acid groups (broad SMARTS) is 2. The highest BCUT2D eigenvalue weighted by Crippen LogP contribution is 2.14. The van der Waals surface area contributed by atoms with E-state index in [1.54, 1.807) is 0 Å². The third kappa shape index (κ3) is 4.13. The van der Waals surface area contributed by atoms with E-state index < -0.39 is 23.0 Å². The molecule has 0 aromatic carbocycles. The van der Waals surface area contributed by atoms with Crippen molar-refractivity contribution in [1.29, 1.82) is 0 Å². The monoisotopic (exact) mass is 274 g/mol. The van der Waals surface area contributed by atoms with Crippen molar-refractivity contribution in [2.75, 3.05) is 26.2 Å². The lowest BCUT2D eigenvalue weighted by molar-refractivity contribution is -0.144. The Morgan fingerprint density at radius 3 is 1.53 bits per heavy atom. The number of carbonyl (C=O) groups is 2. The fraction of sp³-hybridized carbons (Fsp3) is 0.818. The van der Waals surface area contributed by atoms with Crippen LogP contribution in [0.25, 0.3) is 0 Å². The summed E-state index contributed by atoms with van der Waals surface area (Å²) in [6.45, 7) is 2.52. The number of nitrogens with two attached hydrogens (primary N) is 2. The minimum absolute atomic E-state index is 0.391. The average molecular weight is 274 g/mol. The Morgan fingerprint density at radius 2 is 1.26 bits per heavy atom. The Bertz CT molecular complexity index is 336. The van der Waals surface area contributed by atoms with E-state index in [0.29, 0.717) is 45.4 Å². The second kappa shape index (κ2) is 6.29. The second-order valence-electron chi connectivity index (χ2n) is 5.10. The largest absolute Gasteiger partial charge is 0.480 e. The smallest absolute Gasteiger partial charge is 0.325 e. The summed E-state index contributed by atoms with van der Waals surface area (Å²) >= 11 is 0. The van der Waals surface area contributed by atoms with Crippen LogP contribution in [0, 0.1) is 0 Å². The van der Waals surface area contributed by atoms with Crippen LogP contribution in [0.2, 0.25) is 0 Å². The standard InChI is InChI=1S/C6H12N2O2.C5H10N2O2/c7-6(5(9)10)1-3-8-4-2-6;6-5(4(8)9)1-2-7-3-5/h8H,1-4,7H2,(H,9,10);7H,1-3,6H2,(H,8,9). The molecule has 2 fully saturated rings. The van der Waals surface area contributed by atoms with Crippen molar-refractivity contribution < 1.29 is 19.8 Å². The molecular formula is C11H22N4O4. The number of hydrogen-bond acceptors (Lipinski definition) is 6. The van der Waals surface area contributed by atoms with Gasteiger partial charge in [0.05, 0.1) is 0 Å². The fourth-order valence-electron chi connectivity index (χ4n) is 1.98. The summed E-state index contributed by atoms with van der Waals surface area (Å²) in [5.74, 6) is -1.79. The maximum atomic E-state index is 10.5. The van der Waals surface area contributed by atoms with Crippen LogP contribution in [0.3, 0.4) is 0 Å². The topological polar surface area (TPSA) is 151 Å². The molecule has 110 valence electrons. The van der Waals surface area contributed by atoms with Crippen LogP contribution >= 0.6 is 0 Å². The van der Waals surface area contributed by atoms with Crippen molar-refractivity contribution >= 4 is 11.9 Å². The lowest BCUT2D eigenvalue weighted by Gasteiger charge is -2.29. The van der Waals surface area contributed by atoms with Crippen LogP contribution in [-0.4, -0.2) is 59.4 Å². The molecule has 8 nitrogen and oxygen atoms in total. The maximum absolute atomic E-state index is 10.5. The predicted molar refractivity (Wildman–Crippen MR) is 68.7 cm³/mol. The van der Waals surface area contributed by atoms with Gasteiger partial charge in [0.2, 0.25) is 0 Å². The molecule has 1 atom stereocenters. The number of rotatable bonds is 2. The minimum Gasteiger partial charge on any atom is -0.480 e.